The highest BCUT2D eigenvalue weighted by Crippen LogP contribution is 1.97. The third-order valence-corrected chi connectivity index (χ3v) is 1.37. The summed E-state index contributed by atoms with van der Waals surface area (Å²) in [6.45, 7) is -0.250. The Bertz CT molecular complexity index is 203. The lowest BCUT2D eigenvalue weighted by Crippen LogP contribution is -1.84. The van der Waals surface area contributed by atoms with Crippen LogP contribution in [0.5, 0.6) is 0 Å². The zero-order valence-electron chi connectivity index (χ0n) is 6.55. The van der Waals surface area contributed by atoms with E-state index in [4.69, 9.17) is 9.90 Å². The fourth-order valence-corrected chi connectivity index (χ4v) is 0.937. The first-order valence-electron chi connectivity index (χ1n) is 3.42. The maximum atomic E-state index is 8.36. The van der Waals surface area contributed by atoms with Crippen molar-refractivity contribution in [1.29, 1.82) is 0 Å². The number of thiol groups is 1. The molecule has 0 radical (unpaired) electrons. The summed E-state index contributed by atoms with van der Waals surface area (Å²) in [5.74, 6) is 0.907. The van der Waals surface area contributed by atoms with E-state index in [0.29, 0.717) is 0 Å². The predicted molar refractivity (Wildman–Crippen MR) is 50.5 cm³/mol. The molecule has 66 valence electrons. The third kappa shape index (κ3) is 5.73. The van der Waals surface area contributed by atoms with Crippen LogP contribution in [-0.2, 0) is 11.2 Å². The quantitative estimate of drug-likeness (QED) is 0.538. The molecule has 4 heteroatoms. The van der Waals surface area contributed by atoms with Crippen LogP contribution in [0.15, 0.2) is 24.5 Å². The van der Waals surface area contributed by atoms with Gasteiger partial charge in [0.2, 0.25) is 0 Å². The van der Waals surface area contributed by atoms with Crippen LogP contribution in [0.25, 0.3) is 0 Å². The number of aromatic nitrogens is 1. The van der Waals surface area contributed by atoms with Gasteiger partial charge < -0.3 is 5.11 Å². The fourth-order valence-electron chi connectivity index (χ4n) is 0.679. The largest absolute Gasteiger partial charge is 0.483 e. The molecule has 0 spiro atoms. The number of hydrogen-bond donors (Lipinski definition) is 2. The standard InChI is InChI=1S/C7H9NS.CH2O2/c9-6-3-7-1-4-8-5-2-7;2-1-3/h1-2,4-5,9H,3,6H2;1H,(H,2,3). The van der Waals surface area contributed by atoms with Gasteiger partial charge >= 0.3 is 0 Å². The molecule has 0 saturated heterocycles. The molecule has 0 amide bonds. The van der Waals surface area contributed by atoms with Crippen molar-refractivity contribution in [2.45, 2.75) is 6.42 Å². The molecule has 12 heavy (non-hydrogen) atoms. The molecule has 0 fully saturated rings. The van der Waals surface area contributed by atoms with Gasteiger partial charge in [-0.2, -0.15) is 12.6 Å². The molecule has 0 aliphatic carbocycles. The van der Waals surface area contributed by atoms with Gasteiger partial charge in [-0.3, -0.25) is 9.78 Å². The van der Waals surface area contributed by atoms with Crippen LogP contribution < -0.4 is 0 Å². The van der Waals surface area contributed by atoms with Gasteiger partial charge in [0.1, 0.15) is 0 Å². The summed E-state index contributed by atoms with van der Waals surface area (Å²) >= 11 is 4.11. The minimum Gasteiger partial charge on any atom is -0.483 e. The van der Waals surface area contributed by atoms with Crippen molar-refractivity contribution in [2.24, 2.45) is 0 Å². The van der Waals surface area contributed by atoms with Gasteiger partial charge in [-0.25, -0.2) is 0 Å². The Labute approximate surface area is 76.9 Å². The number of pyridine rings is 1. The lowest BCUT2D eigenvalue weighted by Gasteiger charge is -1.92. The number of carboxylic acid groups (broad SMARTS) is 1. The minimum absolute atomic E-state index is 0.250. The Morgan fingerprint density at radius 3 is 2.42 bits per heavy atom. The van der Waals surface area contributed by atoms with Crippen LogP contribution in [-0.4, -0.2) is 22.3 Å². The van der Waals surface area contributed by atoms with Gasteiger partial charge in [0.15, 0.2) is 0 Å². The number of hydrogen-bond acceptors (Lipinski definition) is 3. The molecule has 1 N–H and O–H groups in total. The number of nitrogens with zero attached hydrogens (tertiary/aromatic N) is 1. The molecule has 1 aromatic rings. The molecule has 3 nitrogen and oxygen atoms in total. The molecule has 0 atom stereocenters. The number of rotatable bonds is 2. The summed E-state index contributed by atoms with van der Waals surface area (Å²) in [6, 6.07) is 4.02. The van der Waals surface area contributed by atoms with Crippen LogP contribution in [0.2, 0.25) is 0 Å². The molecule has 0 saturated carbocycles. The van der Waals surface area contributed by atoms with Gasteiger partial charge in [0.05, 0.1) is 0 Å². The van der Waals surface area contributed by atoms with Gasteiger partial charge in [-0.15, -0.1) is 0 Å². The molecule has 1 rings (SSSR count). The SMILES string of the molecule is O=CO.SCCc1ccncc1. The molecule has 0 bridgehead atoms. The van der Waals surface area contributed by atoms with E-state index in [1.807, 2.05) is 12.1 Å². The van der Waals surface area contributed by atoms with Gasteiger partial charge in [0, 0.05) is 12.4 Å². The monoisotopic (exact) mass is 185 g/mol. The first kappa shape index (κ1) is 11.0. The molecule has 1 aromatic heterocycles. The molecule has 0 aliphatic rings. The second-order valence-corrected chi connectivity index (χ2v) is 2.38. The van der Waals surface area contributed by atoms with E-state index in [1.54, 1.807) is 12.4 Å². The van der Waals surface area contributed by atoms with Crippen molar-refractivity contribution in [3.8, 4) is 0 Å². The second-order valence-electron chi connectivity index (χ2n) is 1.93. The van der Waals surface area contributed by atoms with Crippen molar-refractivity contribution in [3.05, 3.63) is 30.1 Å². The van der Waals surface area contributed by atoms with E-state index < -0.39 is 0 Å². The normalized spacial score (nSPS) is 8.08. The highest BCUT2D eigenvalue weighted by molar-refractivity contribution is 7.80. The second kappa shape index (κ2) is 8.07. The summed E-state index contributed by atoms with van der Waals surface area (Å²) in [7, 11) is 0. The Balaban J connectivity index is 0.000000354. The predicted octanol–water partition coefficient (Wildman–Crippen LogP) is 1.25. The van der Waals surface area contributed by atoms with Crippen molar-refractivity contribution < 1.29 is 9.90 Å². The van der Waals surface area contributed by atoms with Crippen LogP contribution in [0.3, 0.4) is 0 Å². The third-order valence-electron chi connectivity index (χ3n) is 1.15. The number of carbonyl (C=O) groups is 1. The highest BCUT2D eigenvalue weighted by Gasteiger charge is 1.85. The maximum Gasteiger partial charge on any atom is 0.290 e. The summed E-state index contributed by atoms with van der Waals surface area (Å²) in [5.41, 5.74) is 1.31. The topological polar surface area (TPSA) is 50.2 Å². The fraction of sp³-hybridized carbons (Fsp3) is 0.250. The smallest absolute Gasteiger partial charge is 0.290 e. The van der Waals surface area contributed by atoms with Crippen LogP contribution in [0.4, 0.5) is 0 Å². The zero-order chi connectivity index (χ0) is 9.23. The van der Waals surface area contributed by atoms with Crippen LogP contribution in [0, 0.1) is 0 Å². The van der Waals surface area contributed by atoms with E-state index in [9.17, 15) is 0 Å². The summed E-state index contributed by atoms with van der Waals surface area (Å²) < 4.78 is 0. The first-order chi connectivity index (χ1) is 5.85. The molecular formula is C8H11NO2S. The van der Waals surface area contributed by atoms with E-state index >= 15 is 0 Å². The Hall–Kier alpha value is -1.03. The average molecular weight is 185 g/mol. The lowest BCUT2D eigenvalue weighted by atomic mass is 10.2. The molecule has 0 aliphatic heterocycles. The Kier molecular flexibility index (Phi) is 7.38. The zero-order valence-corrected chi connectivity index (χ0v) is 7.45. The van der Waals surface area contributed by atoms with E-state index in [2.05, 4.69) is 17.6 Å². The molecule has 0 unspecified atom stereocenters. The average Bonchev–Trinajstić information content (AvgIpc) is 2.08. The number of aryl methyl sites for hydroxylation is 1. The van der Waals surface area contributed by atoms with Gasteiger partial charge in [-0.05, 0) is 29.9 Å². The van der Waals surface area contributed by atoms with E-state index in [1.165, 1.54) is 5.56 Å². The maximum absolute atomic E-state index is 8.36. The first-order valence-corrected chi connectivity index (χ1v) is 4.06. The van der Waals surface area contributed by atoms with Crippen LogP contribution in [0.1, 0.15) is 5.56 Å². The van der Waals surface area contributed by atoms with Crippen molar-refractivity contribution in [2.75, 3.05) is 5.75 Å². The molecular weight excluding hydrogens is 174 g/mol. The van der Waals surface area contributed by atoms with Gasteiger partial charge in [0.25, 0.3) is 6.47 Å². The lowest BCUT2D eigenvalue weighted by molar-refractivity contribution is -0.122. The Morgan fingerprint density at radius 1 is 1.50 bits per heavy atom. The van der Waals surface area contributed by atoms with E-state index in [-0.39, 0.29) is 6.47 Å². The van der Waals surface area contributed by atoms with Crippen molar-refractivity contribution >= 4 is 19.1 Å². The summed E-state index contributed by atoms with van der Waals surface area (Å²) in [5, 5.41) is 6.89. The summed E-state index contributed by atoms with van der Waals surface area (Å²) in [6.07, 6.45) is 4.64. The highest BCUT2D eigenvalue weighted by atomic mass is 32.1. The van der Waals surface area contributed by atoms with Crippen molar-refractivity contribution in [1.82, 2.24) is 4.98 Å². The van der Waals surface area contributed by atoms with Crippen LogP contribution >= 0.6 is 12.6 Å². The van der Waals surface area contributed by atoms with Crippen molar-refractivity contribution in [3.63, 3.8) is 0 Å². The summed E-state index contributed by atoms with van der Waals surface area (Å²) in [4.78, 5) is 12.3. The molecule has 1 heterocycles. The minimum atomic E-state index is -0.250. The van der Waals surface area contributed by atoms with Gasteiger partial charge in [-0.1, -0.05) is 0 Å². The Morgan fingerprint density at radius 2 is 2.00 bits per heavy atom. The molecule has 0 aromatic carbocycles. The van der Waals surface area contributed by atoms with E-state index in [0.717, 1.165) is 12.2 Å².